The van der Waals surface area contributed by atoms with E-state index in [4.69, 9.17) is 4.74 Å². The third-order valence-electron chi connectivity index (χ3n) is 2.21. The van der Waals surface area contributed by atoms with Crippen LogP contribution in [0, 0.1) is 0 Å². The number of hydrogen-bond acceptors (Lipinski definition) is 4. The molecular weight excluding hydrogens is 312 g/mol. The van der Waals surface area contributed by atoms with Gasteiger partial charge in [-0.05, 0) is 17.7 Å². The van der Waals surface area contributed by atoms with Crippen LogP contribution >= 0.6 is 15.9 Å². The van der Waals surface area contributed by atoms with Gasteiger partial charge in [0.05, 0.1) is 7.11 Å². The molecule has 2 aromatic rings. The van der Waals surface area contributed by atoms with Crippen LogP contribution in [0.4, 0.5) is 5.95 Å². The van der Waals surface area contributed by atoms with Crippen LogP contribution in [0.15, 0.2) is 34.8 Å². The number of halogens is 1. The summed E-state index contributed by atoms with van der Waals surface area (Å²) in [5.74, 6) is -0.0758. The van der Waals surface area contributed by atoms with E-state index in [-0.39, 0.29) is 17.9 Å². The Kier molecular flexibility index (Phi) is 4.30. The molecule has 0 atom stereocenters. The highest BCUT2D eigenvalue weighted by Gasteiger charge is 2.04. The summed E-state index contributed by atoms with van der Waals surface area (Å²) in [5, 5.41) is 8.79. The molecule has 98 valence electrons. The highest BCUT2D eigenvalue weighted by Crippen LogP contribution is 2.17. The van der Waals surface area contributed by atoms with Crippen LogP contribution < -0.4 is 10.1 Å². The molecule has 0 saturated heterocycles. The van der Waals surface area contributed by atoms with Crippen LogP contribution in [0.25, 0.3) is 6.08 Å². The van der Waals surface area contributed by atoms with Gasteiger partial charge in [-0.15, -0.1) is 5.10 Å². The SMILES string of the molecule is COc1n[nH]c(NC(=O)/C=C/c2ccccc2Br)n1. The fourth-order valence-corrected chi connectivity index (χ4v) is 1.74. The molecule has 1 aromatic carbocycles. The number of hydrogen-bond donors (Lipinski definition) is 2. The number of aromatic amines is 1. The molecule has 0 aliphatic heterocycles. The van der Waals surface area contributed by atoms with Crippen LogP contribution in [-0.4, -0.2) is 28.2 Å². The van der Waals surface area contributed by atoms with E-state index in [2.05, 4.69) is 36.4 Å². The Morgan fingerprint density at radius 3 is 2.95 bits per heavy atom. The summed E-state index contributed by atoms with van der Waals surface area (Å²) < 4.78 is 5.71. The smallest absolute Gasteiger partial charge is 0.336 e. The van der Waals surface area contributed by atoms with Crippen LogP contribution in [0.5, 0.6) is 6.01 Å². The number of ether oxygens (including phenoxy) is 1. The molecule has 1 amide bonds. The van der Waals surface area contributed by atoms with E-state index in [0.29, 0.717) is 0 Å². The number of carbonyl (C=O) groups excluding carboxylic acids is 1. The highest BCUT2D eigenvalue weighted by molar-refractivity contribution is 9.10. The highest BCUT2D eigenvalue weighted by atomic mass is 79.9. The number of aromatic nitrogens is 3. The van der Waals surface area contributed by atoms with Crippen molar-refractivity contribution in [1.29, 1.82) is 0 Å². The average Bonchev–Trinajstić information content (AvgIpc) is 2.85. The van der Waals surface area contributed by atoms with Crippen molar-refractivity contribution >= 4 is 33.9 Å². The molecule has 1 aromatic heterocycles. The minimum Gasteiger partial charge on any atom is -0.466 e. The zero-order valence-electron chi connectivity index (χ0n) is 10.1. The summed E-state index contributed by atoms with van der Waals surface area (Å²) in [5.41, 5.74) is 0.910. The van der Waals surface area contributed by atoms with Gasteiger partial charge in [-0.2, -0.15) is 4.98 Å². The Hall–Kier alpha value is -2.15. The maximum Gasteiger partial charge on any atom is 0.336 e. The Labute approximate surface area is 118 Å². The van der Waals surface area contributed by atoms with Crippen molar-refractivity contribution in [2.24, 2.45) is 0 Å². The molecule has 0 fully saturated rings. The normalized spacial score (nSPS) is 10.6. The number of benzene rings is 1. The predicted molar refractivity (Wildman–Crippen MR) is 74.7 cm³/mol. The Morgan fingerprint density at radius 1 is 1.47 bits per heavy atom. The van der Waals surface area contributed by atoms with Crippen molar-refractivity contribution in [2.45, 2.75) is 0 Å². The minimum atomic E-state index is -0.311. The number of carbonyl (C=O) groups is 1. The van der Waals surface area contributed by atoms with Crippen molar-refractivity contribution in [3.8, 4) is 6.01 Å². The molecule has 6 nitrogen and oxygen atoms in total. The summed E-state index contributed by atoms with van der Waals surface area (Å²) in [4.78, 5) is 15.5. The number of anilines is 1. The maximum atomic E-state index is 11.7. The Morgan fingerprint density at radius 2 is 2.26 bits per heavy atom. The predicted octanol–water partition coefficient (Wildman–Crippen LogP) is 2.23. The van der Waals surface area contributed by atoms with Crippen molar-refractivity contribution in [2.75, 3.05) is 12.4 Å². The summed E-state index contributed by atoms with van der Waals surface area (Å²) in [6.45, 7) is 0. The number of rotatable bonds is 4. The molecule has 0 unspecified atom stereocenters. The lowest BCUT2D eigenvalue weighted by atomic mass is 10.2. The number of methoxy groups -OCH3 is 1. The quantitative estimate of drug-likeness (QED) is 0.846. The summed E-state index contributed by atoms with van der Waals surface area (Å²) >= 11 is 3.40. The molecule has 0 radical (unpaired) electrons. The molecule has 7 heteroatoms. The van der Waals surface area contributed by atoms with Gasteiger partial charge in [-0.1, -0.05) is 34.1 Å². The standard InChI is InChI=1S/C12H11BrN4O2/c1-19-12-15-11(16-17-12)14-10(18)7-6-8-4-2-3-5-9(8)13/h2-7H,1H3,(H2,14,15,16,17,18)/b7-6+. The largest absolute Gasteiger partial charge is 0.466 e. The maximum absolute atomic E-state index is 11.7. The lowest BCUT2D eigenvalue weighted by molar-refractivity contribution is -0.111. The molecule has 2 rings (SSSR count). The minimum absolute atomic E-state index is 0.171. The van der Waals surface area contributed by atoms with Crippen LogP contribution in [0.3, 0.4) is 0 Å². The zero-order valence-corrected chi connectivity index (χ0v) is 11.6. The van der Waals surface area contributed by atoms with Gasteiger partial charge < -0.3 is 4.74 Å². The Bertz CT molecular complexity index is 609. The van der Waals surface area contributed by atoms with Crippen LogP contribution in [-0.2, 0) is 4.79 Å². The van der Waals surface area contributed by atoms with Gasteiger partial charge in [0.2, 0.25) is 5.95 Å². The van der Waals surface area contributed by atoms with Crippen molar-refractivity contribution < 1.29 is 9.53 Å². The third kappa shape index (κ3) is 3.65. The first-order valence-corrected chi connectivity index (χ1v) is 6.18. The summed E-state index contributed by atoms with van der Waals surface area (Å²) in [7, 11) is 1.45. The van der Waals surface area contributed by atoms with E-state index >= 15 is 0 Å². The van der Waals surface area contributed by atoms with Gasteiger partial charge in [-0.25, -0.2) is 5.10 Å². The van der Waals surface area contributed by atoms with E-state index < -0.39 is 0 Å². The van der Waals surface area contributed by atoms with Gasteiger partial charge in [0.1, 0.15) is 0 Å². The zero-order chi connectivity index (χ0) is 13.7. The third-order valence-corrected chi connectivity index (χ3v) is 2.93. The summed E-state index contributed by atoms with van der Waals surface area (Å²) in [6, 6.07) is 7.76. The van der Waals surface area contributed by atoms with E-state index in [1.54, 1.807) is 6.08 Å². The fourth-order valence-electron chi connectivity index (χ4n) is 1.33. The molecular formula is C12H11BrN4O2. The lowest BCUT2D eigenvalue weighted by Crippen LogP contribution is -2.09. The number of nitrogens with zero attached hydrogens (tertiary/aromatic N) is 2. The topological polar surface area (TPSA) is 79.9 Å². The lowest BCUT2D eigenvalue weighted by Gasteiger charge is -1.97. The van der Waals surface area contributed by atoms with Crippen LogP contribution in [0.2, 0.25) is 0 Å². The first-order valence-electron chi connectivity index (χ1n) is 5.39. The van der Waals surface area contributed by atoms with Gasteiger partial charge >= 0.3 is 6.01 Å². The second-order valence-electron chi connectivity index (χ2n) is 3.51. The average molecular weight is 323 g/mol. The first kappa shape index (κ1) is 13.3. The van der Waals surface area contributed by atoms with E-state index in [9.17, 15) is 4.79 Å². The number of H-pyrrole nitrogens is 1. The number of amides is 1. The fraction of sp³-hybridized carbons (Fsp3) is 0.0833. The van der Waals surface area contributed by atoms with Crippen molar-refractivity contribution in [3.63, 3.8) is 0 Å². The van der Waals surface area contributed by atoms with E-state index in [0.717, 1.165) is 10.0 Å². The molecule has 2 N–H and O–H groups in total. The van der Waals surface area contributed by atoms with Gasteiger partial charge in [-0.3, -0.25) is 10.1 Å². The van der Waals surface area contributed by atoms with E-state index in [1.807, 2.05) is 24.3 Å². The molecule has 0 saturated carbocycles. The van der Waals surface area contributed by atoms with E-state index in [1.165, 1.54) is 13.2 Å². The van der Waals surface area contributed by atoms with Gasteiger partial charge in [0.25, 0.3) is 5.91 Å². The summed E-state index contributed by atoms with van der Waals surface area (Å²) in [6.07, 6.45) is 3.11. The molecule has 0 bridgehead atoms. The van der Waals surface area contributed by atoms with Crippen molar-refractivity contribution in [1.82, 2.24) is 15.2 Å². The molecule has 0 aliphatic carbocycles. The molecule has 0 spiro atoms. The second-order valence-corrected chi connectivity index (χ2v) is 4.37. The van der Waals surface area contributed by atoms with Gasteiger partial charge in [0.15, 0.2) is 0 Å². The number of nitrogens with one attached hydrogen (secondary N) is 2. The van der Waals surface area contributed by atoms with Crippen LogP contribution in [0.1, 0.15) is 5.56 Å². The second kappa shape index (κ2) is 6.14. The first-order chi connectivity index (χ1) is 9.19. The monoisotopic (exact) mass is 322 g/mol. The van der Waals surface area contributed by atoms with Gasteiger partial charge in [0, 0.05) is 10.5 Å². The Balaban J connectivity index is 1.99. The molecule has 1 heterocycles. The van der Waals surface area contributed by atoms with Crippen molar-refractivity contribution in [3.05, 3.63) is 40.4 Å². The molecule has 0 aliphatic rings. The molecule has 19 heavy (non-hydrogen) atoms.